The second-order valence-electron chi connectivity index (χ2n) is 5.29. The molecule has 0 saturated heterocycles. The number of aryl methyl sites for hydroxylation is 1. The number of aromatic nitrogens is 2. The van der Waals surface area contributed by atoms with Gasteiger partial charge in [0.1, 0.15) is 10.7 Å². The minimum Gasteiger partial charge on any atom is -0.388 e. The lowest BCUT2D eigenvalue weighted by Crippen LogP contribution is -2.31. The SMILES string of the molecule is Cn1cc(S(=O)(=O)N2CCC[C@H](O)c3cc(F)ccc32)cn1. The van der Waals surface area contributed by atoms with Crippen LogP contribution in [0.5, 0.6) is 0 Å². The van der Waals surface area contributed by atoms with Gasteiger partial charge in [0.2, 0.25) is 0 Å². The summed E-state index contributed by atoms with van der Waals surface area (Å²) in [6.07, 6.45) is 2.69. The number of anilines is 1. The summed E-state index contributed by atoms with van der Waals surface area (Å²) in [5.41, 5.74) is 0.611. The van der Waals surface area contributed by atoms with E-state index in [1.165, 1.54) is 39.6 Å². The second kappa shape index (κ2) is 5.36. The van der Waals surface area contributed by atoms with Crippen molar-refractivity contribution in [1.29, 1.82) is 0 Å². The van der Waals surface area contributed by atoms with Crippen LogP contribution < -0.4 is 4.31 Å². The summed E-state index contributed by atoms with van der Waals surface area (Å²) in [6.45, 7) is 0.229. The Hall–Kier alpha value is -1.93. The van der Waals surface area contributed by atoms with E-state index in [2.05, 4.69) is 5.10 Å². The van der Waals surface area contributed by atoms with Gasteiger partial charge < -0.3 is 5.11 Å². The van der Waals surface area contributed by atoms with Crippen molar-refractivity contribution in [3.63, 3.8) is 0 Å². The molecule has 22 heavy (non-hydrogen) atoms. The van der Waals surface area contributed by atoms with Gasteiger partial charge in [-0.25, -0.2) is 12.8 Å². The lowest BCUT2D eigenvalue weighted by Gasteiger charge is -2.24. The predicted octanol–water partition coefficient (Wildman–Crippen LogP) is 1.58. The van der Waals surface area contributed by atoms with Crippen molar-refractivity contribution in [2.45, 2.75) is 23.8 Å². The Morgan fingerprint density at radius 1 is 1.41 bits per heavy atom. The number of halogens is 1. The van der Waals surface area contributed by atoms with Crippen LogP contribution in [0.2, 0.25) is 0 Å². The third-order valence-corrected chi connectivity index (χ3v) is 5.49. The van der Waals surface area contributed by atoms with E-state index in [4.69, 9.17) is 0 Å². The monoisotopic (exact) mass is 325 g/mol. The van der Waals surface area contributed by atoms with E-state index in [1.54, 1.807) is 7.05 Å². The number of benzene rings is 1. The average Bonchev–Trinajstić information content (AvgIpc) is 2.84. The molecule has 1 aromatic carbocycles. The van der Waals surface area contributed by atoms with Crippen LogP contribution in [0.3, 0.4) is 0 Å². The first-order valence-corrected chi connectivity index (χ1v) is 8.32. The highest BCUT2D eigenvalue weighted by Gasteiger charge is 2.31. The lowest BCUT2D eigenvalue weighted by atomic mass is 10.0. The van der Waals surface area contributed by atoms with Gasteiger partial charge >= 0.3 is 0 Å². The molecule has 0 spiro atoms. The second-order valence-corrected chi connectivity index (χ2v) is 7.15. The summed E-state index contributed by atoms with van der Waals surface area (Å²) in [4.78, 5) is 0.0710. The molecule has 8 heteroatoms. The molecule has 0 amide bonds. The van der Waals surface area contributed by atoms with Gasteiger partial charge in [0.15, 0.2) is 0 Å². The number of nitrogens with zero attached hydrogens (tertiary/aromatic N) is 3. The van der Waals surface area contributed by atoms with E-state index in [9.17, 15) is 17.9 Å². The van der Waals surface area contributed by atoms with Crippen molar-refractivity contribution >= 4 is 15.7 Å². The van der Waals surface area contributed by atoms with E-state index < -0.39 is 21.9 Å². The maximum atomic E-state index is 13.5. The van der Waals surface area contributed by atoms with Crippen molar-refractivity contribution in [1.82, 2.24) is 9.78 Å². The molecule has 0 aliphatic carbocycles. The summed E-state index contributed by atoms with van der Waals surface area (Å²) in [7, 11) is -2.16. The molecular weight excluding hydrogens is 309 g/mol. The quantitative estimate of drug-likeness (QED) is 0.910. The highest BCUT2D eigenvalue weighted by Crippen LogP contribution is 2.36. The Balaban J connectivity index is 2.13. The number of aliphatic hydroxyl groups excluding tert-OH is 1. The maximum Gasteiger partial charge on any atom is 0.267 e. The van der Waals surface area contributed by atoms with Gasteiger partial charge in [0.25, 0.3) is 10.0 Å². The molecular formula is C14H16FN3O3S. The van der Waals surface area contributed by atoms with Gasteiger partial charge in [-0.15, -0.1) is 0 Å². The molecule has 1 aliphatic rings. The highest BCUT2D eigenvalue weighted by molar-refractivity contribution is 7.92. The zero-order chi connectivity index (χ0) is 15.9. The summed E-state index contributed by atoms with van der Waals surface area (Å²) >= 11 is 0. The van der Waals surface area contributed by atoms with Gasteiger partial charge in [-0.2, -0.15) is 5.10 Å². The van der Waals surface area contributed by atoms with Gasteiger partial charge in [-0.3, -0.25) is 8.99 Å². The standard InChI is InChI=1S/C14H16FN3O3S/c1-17-9-11(8-16-17)22(20,21)18-6-2-3-14(19)12-7-10(15)4-5-13(12)18/h4-5,7-9,14,19H,2-3,6H2,1H3/t14-/m0/s1. The Kier molecular flexibility index (Phi) is 3.65. The van der Waals surface area contributed by atoms with Crippen LogP contribution in [0.4, 0.5) is 10.1 Å². The van der Waals surface area contributed by atoms with Crippen LogP contribution in [-0.4, -0.2) is 29.8 Å². The minimum absolute atomic E-state index is 0.0710. The fourth-order valence-electron chi connectivity index (χ4n) is 2.63. The molecule has 1 aliphatic heterocycles. The molecule has 0 unspecified atom stereocenters. The van der Waals surface area contributed by atoms with Crippen LogP contribution in [0.1, 0.15) is 24.5 Å². The molecule has 1 N–H and O–H groups in total. The van der Waals surface area contributed by atoms with E-state index >= 15 is 0 Å². The van der Waals surface area contributed by atoms with Crippen molar-refractivity contribution in [3.05, 3.63) is 42.0 Å². The number of hydrogen-bond donors (Lipinski definition) is 1. The Bertz CT molecular complexity index is 803. The van der Waals surface area contributed by atoms with E-state index in [1.807, 2.05) is 0 Å². The van der Waals surface area contributed by atoms with Gasteiger partial charge in [-0.05, 0) is 31.0 Å². The molecule has 0 bridgehead atoms. The summed E-state index contributed by atoms with van der Waals surface area (Å²) in [5.74, 6) is -0.501. The maximum absolute atomic E-state index is 13.5. The fourth-order valence-corrected chi connectivity index (χ4v) is 4.15. The fraction of sp³-hybridized carbons (Fsp3) is 0.357. The van der Waals surface area contributed by atoms with Crippen LogP contribution in [0, 0.1) is 5.82 Å². The van der Waals surface area contributed by atoms with E-state index in [0.29, 0.717) is 24.1 Å². The largest absolute Gasteiger partial charge is 0.388 e. The molecule has 2 aromatic rings. The molecule has 1 atom stereocenters. The number of aliphatic hydroxyl groups is 1. The highest BCUT2D eigenvalue weighted by atomic mass is 32.2. The van der Waals surface area contributed by atoms with Crippen LogP contribution in [-0.2, 0) is 17.1 Å². The van der Waals surface area contributed by atoms with Crippen molar-refractivity contribution in [2.24, 2.45) is 7.05 Å². The van der Waals surface area contributed by atoms with Crippen molar-refractivity contribution in [2.75, 3.05) is 10.8 Å². The summed E-state index contributed by atoms with van der Waals surface area (Å²) < 4.78 is 41.7. The average molecular weight is 325 g/mol. The van der Waals surface area contributed by atoms with Crippen molar-refractivity contribution < 1.29 is 17.9 Å². The third-order valence-electron chi connectivity index (χ3n) is 3.73. The molecule has 1 aromatic heterocycles. The zero-order valence-electron chi connectivity index (χ0n) is 12.0. The molecule has 118 valence electrons. The zero-order valence-corrected chi connectivity index (χ0v) is 12.8. The number of hydrogen-bond acceptors (Lipinski definition) is 4. The number of rotatable bonds is 2. The van der Waals surface area contributed by atoms with Crippen molar-refractivity contribution in [3.8, 4) is 0 Å². The molecule has 0 saturated carbocycles. The Morgan fingerprint density at radius 2 is 2.18 bits per heavy atom. The van der Waals surface area contributed by atoms with E-state index in [0.717, 1.165) is 0 Å². The van der Waals surface area contributed by atoms with E-state index in [-0.39, 0.29) is 11.4 Å². The number of sulfonamides is 1. The first-order chi connectivity index (χ1) is 10.4. The first-order valence-electron chi connectivity index (χ1n) is 6.88. The Labute approximate surface area is 127 Å². The Morgan fingerprint density at radius 3 is 2.86 bits per heavy atom. The molecule has 0 radical (unpaired) electrons. The van der Waals surface area contributed by atoms with Crippen LogP contribution in [0.25, 0.3) is 0 Å². The molecule has 2 heterocycles. The summed E-state index contributed by atoms with van der Waals surface area (Å²) in [5, 5.41) is 14.0. The third kappa shape index (κ3) is 2.48. The molecule has 3 rings (SSSR count). The molecule has 0 fully saturated rings. The first kappa shape index (κ1) is 15.0. The topological polar surface area (TPSA) is 75.4 Å². The lowest BCUT2D eigenvalue weighted by molar-refractivity contribution is 0.168. The minimum atomic E-state index is -3.80. The predicted molar refractivity (Wildman–Crippen MR) is 78.3 cm³/mol. The van der Waals surface area contributed by atoms with Gasteiger partial charge in [0.05, 0.1) is 18.0 Å². The van der Waals surface area contributed by atoms with Gasteiger partial charge in [-0.1, -0.05) is 0 Å². The smallest absolute Gasteiger partial charge is 0.267 e. The number of fused-ring (bicyclic) bond motifs is 1. The van der Waals surface area contributed by atoms with Crippen LogP contribution >= 0.6 is 0 Å². The summed E-state index contributed by atoms with van der Waals surface area (Å²) in [6, 6.07) is 3.78. The van der Waals surface area contributed by atoms with Crippen LogP contribution in [0.15, 0.2) is 35.5 Å². The molecule has 6 nitrogen and oxygen atoms in total. The normalized spacial score (nSPS) is 18.9. The van der Waals surface area contributed by atoms with Gasteiger partial charge in [0, 0.05) is 25.4 Å².